The molecule has 0 spiro atoms. The smallest absolute Gasteiger partial charge is 0.251 e. The summed E-state index contributed by atoms with van der Waals surface area (Å²) in [6, 6.07) is 13.3. The predicted octanol–water partition coefficient (Wildman–Crippen LogP) is 2.68. The van der Waals surface area contributed by atoms with Crippen molar-refractivity contribution < 1.29 is 24.1 Å². The lowest BCUT2D eigenvalue weighted by molar-refractivity contribution is -0.138. The first kappa shape index (κ1) is 26.5. The molecule has 2 aliphatic rings. The van der Waals surface area contributed by atoms with E-state index in [9.17, 15) is 9.90 Å². The number of aliphatic hydroxyl groups excluding tert-OH is 1. The molecule has 0 saturated carbocycles. The number of carbonyl (C=O) groups is 1. The Hall–Kier alpha value is -4.09. The van der Waals surface area contributed by atoms with Gasteiger partial charge in [-0.25, -0.2) is 9.97 Å². The number of carbonyl (C=O) groups excluding carboxylic acids is 1. The molecule has 2 aliphatic heterocycles. The number of rotatable bonds is 8. The zero-order chi connectivity index (χ0) is 27.4. The molecule has 1 unspecified atom stereocenters. The van der Waals surface area contributed by atoms with Crippen LogP contribution in [0, 0.1) is 0 Å². The Bertz CT molecular complexity index is 1310. The minimum atomic E-state index is -1.02. The maximum absolute atomic E-state index is 12.0. The summed E-state index contributed by atoms with van der Waals surface area (Å²) < 4.78 is 17.2. The average molecular weight is 535 g/mol. The maximum atomic E-state index is 12.0. The summed E-state index contributed by atoms with van der Waals surface area (Å²) in [5.74, 6) is 1.47. The third-order valence-corrected chi connectivity index (χ3v) is 6.86. The first-order chi connectivity index (χ1) is 18.9. The van der Waals surface area contributed by atoms with Crippen molar-refractivity contribution in [1.82, 2.24) is 14.9 Å². The number of nitrogens with two attached hydrogens (primary N) is 1. The highest BCUT2D eigenvalue weighted by Crippen LogP contribution is 2.33. The van der Waals surface area contributed by atoms with Crippen LogP contribution in [0.5, 0.6) is 11.5 Å². The maximum Gasteiger partial charge on any atom is 0.251 e. The molecule has 2 saturated heterocycles. The zero-order valence-corrected chi connectivity index (χ0v) is 22.2. The molecule has 3 heterocycles. The van der Waals surface area contributed by atoms with E-state index in [0.717, 1.165) is 35.8 Å². The molecule has 39 heavy (non-hydrogen) atoms. The third-order valence-electron chi connectivity index (χ3n) is 6.86. The van der Waals surface area contributed by atoms with E-state index in [2.05, 4.69) is 20.2 Å². The fourth-order valence-electron chi connectivity index (χ4n) is 4.81. The Morgan fingerprint density at radius 1 is 1.15 bits per heavy atom. The van der Waals surface area contributed by atoms with E-state index in [4.69, 9.17) is 19.9 Å². The van der Waals surface area contributed by atoms with Gasteiger partial charge in [0, 0.05) is 49.6 Å². The molecule has 2 fully saturated rings. The number of amides is 1. The number of nitrogens with zero attached hydrogens (tertiary/aromatic N) is 4. The number of anilines is 4. The van der Waals surface area contributed by atoms with E-state index < -0.39 is 6.10 Å². The standard InChI is InChI=1S/C28H34N6O5/c1-18(35)27(36)34-10-8-21(17-34)39-25-6-3-19(15-22(25)29)23-7-9-30-28(32-23)31-20-4-5-24(26(16-20)37-2)33-11-13-38-14-12-33/h3-7,9,15-16,18,21,35H,8,10-14,17,29H2,1-2H3,(H,30,31,32)/t18-,21?/m0/s1. The number of benzene rings is 2. The Balaban J connectivity index is 1.26. The SMILES string of the molecule is COc1cc(Nc2nccc(-c3ccc(OC4CCN(C(=O)[C@H](C)O)C4)c(N)c3)n2)ccc1N1CCOCC1. The Morgan fingerprint density at radius 3 is 2.72 bits per heavy atom. The van der Waals surface area contributed by atoms with Gasteiger partial charge in [0.25, 0.3) is 5.91 Å². The number of likely N-dealkylation sites (tertiary alicyclic amines) is 1. The van der Waals surface area contributed by atoms with Crippen molar-refractivity contribution in [1.29, 1.82) is 0 Å². The summed E-state index contributed by atoms with van der Waals surface area (Å²) in [7, 11) is 1.66. The quantitative estimate of drug-likeness (QED) is 0.370. The Kier molecular flexibility index (Phi) is 7.99. The minimum absolute atomic E-state index is 0.178. The zero-order valence-electron chi connectivity index (χ0n) is 22.2. The number of morpholine rings is 1. The lowest BCUT2D eigenvalue weighted by atomic mass is 10.1. The van der Waals surface area contributed by atoms with Crippen LogP contribution in [0.1, 0.15) is 13.3 Å². The highest BCUT2D eigenvalue weighted by atomic mass is 16.5. The summed E-state index contributed by atoms with van der Waals surface area (Å²) in [5.41, 5.74) is 10.2. The van der Waals surface area contributed by atoms with Gasteiger partial charge in [-0.3, -0.25) is 4.79 Å². The molecule has 4 N–H and O–H groups in total. The average Bonchev–Trinajstić information content (AvgIpc) is 3.42. The van der Waals surface area contributed by atoms with Crippen LogP contribution in [0.15, 0.2) is 48.7 Å². The van der Waals surface area contributed by atoms with Crippen LogP contribution in [0.25, 0.3) is 11.3 Å². The van der Waals surface area contributed by atoms with E-state index in [1.807, 2.05) is 42.5 Å². The van der Waals surface area contributed by atoms with Gasteiger partial charge in [0.2, 0.25) is 5.95 Å². The van der Waals surface area contributed by atoms with Crippen molar-refractivity contribution in [3.05, 3.63) is 48.7 Å². The number of hydrogen-bond acceptors (Lipinski definition) is 10. The third kappa shape index (κ3) is 6.15. The monoisotopic (exact) mass is 534 g/mol. The van der Waals surface area contributed by atoms with Crippen LogP contribution in [0.2, 0.25) is 0 Å². The number of nitrogen functional groups attached to an aromatic ring is 1. The van der Waals surface area contributed by atoms with Gasteiger partial charge in [-0.2, -0.15) is 0 Å². The molecule has 1 amide bonds. The molecule has 11 heteroatoms. The molecule has 3 aromatic rings. The summed E-state index contributed by atoms with van der Waals surface area (Å²) >= 11 is 0. The van der Waals surface area contributed by atoms with E-state index in [-0.39, 0.29) is 12.0 Å². The highest BCUT2D eigenvalue weighted by Gasteiger charge is 2.29. The Morgan fingerprint density at radius 2 is 1.97 bits per heavy atom. The van der Waals surface area contributed by atoms with E-state index in [0.29, 0.717) is 55.8 Å². The van der Waals surface area contributed by atoms with Crippen LogP contribution in [0.3, 0.4) is 0 Å². The first-order valence-electron chi connectivity index (χ1n) is 13.1. The van der Waals surface area contributed by atoms with Crippen molar-refractivity contribution >= 4 is 28.9 Å². The summed E-state index contributed by atoms with van der Waals surface area (Å²) in [6.45, 7) is 5.48. The van der Waals surface area contributed by atoms with Crippen LogP contribution in [-0.4, -0.2) is 84.6 Å². The van der Waals surface area contributed by atoms with E-state index in [1.54, 1.807) is 18.2 Å². The number of aromatic nitrogens is 2. The van der Waals surface area contributed by atoms with Crippen molar-refractivity contribution in [2.24, 2.45) is 0 Å². The normalized spacial score (nSPS) is 18.1. The molecule has 11 nitrogen and oxygen atoms in total. The number of hydrogen-bond donors (Lipinski definition) is 3. The molecule has 2 aromatic carbocycles. The van der Waals surface area contributed by atoms with Gasteiger partial charge in [-0.15, -0.1) is 0 Å². The molecule has 0 aliphatic carbocycles. The first-order valence-corrected chi connectivity index (χ1v) is 13.1. The van der Waals surface area contributed by atoms with Gasteiger partial charge in [0.05, 0.1) is 43.9 Å². The van der Waals surface area contributed by atoms with E-state index >= 15 is 0 Å². The lowest BCUT2D eigenvalue weighted by Gasteiger charge is -2.30. The fraction of sp³-hybridized carbons (Fsp3) is 0.393. The predicted molar refractivity (Wildman–Crippen MR) is 148 cm³/mol. The summed E-state index contributed by atoms with van der Waals surface area (Å²) in [6.07, 6.45) is 1.18. The van der Waals surface area contributed by atoms with Crippen LogP contribution in [-0.2, 0) is 9.53 Å². The topological polar surface area (TPSA) is 135 Å². The van der Waals surface area contributed by atoms with Gasteiger partial charge in [-0.05, 0) is 43.3 Å². The fourth-order valence-corrected chi connectivity index (χ4v) is 4.81. The molecule has 1 aromatic heterocycles. The van der Waals surface area contributed by atoms with Crippen molar-refractivity contribution in [3.8, 4) is 22.8 Å². The number of ether oxygens (including phenoxy) is 3. The molecule has 0 radical (unpaired) electrons. The second-order valence-corrected chi connectivity index (χ2v) is 9.62. The summed E-state index contributed by atoms with van der Waals surface area (Å²) in [5, 5.41) is 12.8. The van der Waals surface area contributed by atoms with Crippen molar-refractivity contribution in [2.45, 2.75) is 25.6 Å². The second kappa shape index (κ2) is 11.7. The second-order valence-electron chi connectivity index (χ2n) is 9.62. The Labute approximate surface area is 227 Å². The van der Waals surface area contributed by atoms with Crippen LogP contribution < -0.4 is 25.4 Å². The number of aliphatic hydroxyl groups is 1. The molecular formula is C28H34N6O5. The molecular weight excluding hydrogens is 500 g/mol. The van der Waals surface area contributed by atoms with Crippen LogP contribution >= 0.6 is 0 Å². The van der Waals surface area contributed by atoms with E-state index in [1.165, 1.54) is 6.92 Å². The largest absolute Gasteiger partial charge is 0.495 e. The van der Waals surface area contributed by atoms with Gasteiger partial charge in [-0.1, -0.05) is 0 Å². The lowest BCUT2D eigenvalue weighted by Crippen LogP contribution is -2.37. The van der Waals surface area contributed by atoms with Gasteiger partial charge >= 0.3 is 0 Å². The highest BCUT2D eigenvalue weighted by molar-refractivity contribution is 5.80. The number of methoxy groups -OCH3 is 1. The molecule has 0 bridgehead atoms. The molecule has 206 valence electrons. The number of nitrogens with one attached hydrogen (secondary N) is 1. The summed E-state index contributed by atoms with van der Waals surface area (Å²) in [4.78, 5) is 24.9. The minimum Gasteiger partial charge on any atom is -0.495 e. The molecule has 2 atom stereocenters. The van der Waals surface area contributed by atoms with Crippen molar-refractivity contribution in [2.75, 3.05) is 62.5 Å². The molecule has 5 rings (SSSR count). The van der Waals surface area contributed by atoms with Crippen molar-refractivity contribution in [3.63, 3.8) is 0 Å². The van der Waals surface area contributed by atoms with Gasteiger partial charge < -0.3 is 40.2 Å². The van der Waals surface area contributed by atoms with Gasteiger partial charge in [0.1, 0.15) is 23.7 Å². The van der Waals surface area contributed by atoms with Crippen LogP contribution in [0.4, 0.5) is 23.0 Å². The van der Waals surface area contributed by atoms with Gasteiger partial charge in [0.15, 0.2) is 0 Å².